The molecule has 0 N–H and O–H groups in total. The van der Waals surface area contributed by atoms with Gasteiger partial charge in [-0.2, -0.15) is 0 Å². The summed E-state index contributed by atoms with van der Waals surface area (Å²) >= 11 is 0. The van der Waals surface area contributed by atoms with Gasteiger partial charge >= 0.3 is 0 Å². The second-order valence-corrected chi connectivity index (χ2v) is 6.80. The van der Waals surface area contributed by atoms with Gasteiger partial charge in [-0.3, -0.25) is 4.79 Å². The molecule has 0 spiro atoms. The summed E-state index contributed by atoms with van der Waals surface area (Å²) in [6.45, 7) is 3.92. The Kier molecular flexibility index (Phi) is 5.25. The molecular weight excluding hydrogens is 356 g/mol. The molecule has 1 fully saturated rings. The number of benzene rings is 1. The van der Waals surface area contributed by atoms with Gasteiger partial charge in [0.15, 0.2) is 5.65 Å². The van der Waals surface area contributed by atoms with Crippen LogP contribution in [0.5, 0.6) is 5.75 Å². The highest BCUT2D eigenvalue weighted by molar-refractivity contribution is 5.79. The predicted molar refractivity (Wildman–Crippen MR) is 106 cm³/mol. The number of aromatic nitrogens is 3. The zero-order valence-electron chi connectivity index (χ0n) is 16.2. The number of ether oxygens (including phenoxy) is 2. The Morgan fingerprint density at radius 1 is 1.25 bits per heavy atom. The smallest absolute Gasteiger partial charge is 0.248 e. The van der Waals surface area contributed by atoms with Gasteiger partial charge in [0.1, 0.15) is 23.7 Å². The van der Waals surface area contributed by atoms with Crippen LogP contribution in [0, 0.1) is 0 Å². The summed E-state index contributed by atoms with van der Waals surface area (Å²) in [6.07, 6.45) is 2.65. The number of amides is 1. The first-order valence-corrected chi connectivity index (χ1v) is 9.54. The van der Waals surface area contributed by atoms with Crippen LogP contribution in [0.2, 0.25) is 0 Å². The standard InChI is InChI=1S/C21H24N4O3/c1-3-28-14-19(26)24-12-10-16(13-24)25-20(15-6-8-17(27-2)9-7-15)23-18-5-4-11-22-21(18)25/h4-9,11,16H,3,10,12-14H2,1-2H3. The molecule has 1 aliphatic rings. The summed E-state index contributed by atoms with van der Waals surface area (Å²) < 4.78 is 12.7. The van der Waals surface area contributed by atoms with E-state index in [1.165, 1.54) is 0 Å². The lowest BCUT2D eigenvalue weighted by molar-refractivity contribution is -0.135. The van der Waals surface area contributed by atoms with Crippen LogP contribution in [0.1, 0.15) is 19.4 Å². The highest BCUT2D eigenvalue weighted by Gasteiger charge is 2.30. The molecule has 7 nitrogen and oxygen atoms in total. The normalized spacial score (nSPS) is 16.6. The van der Waals surface area contributed by atoms with Crippen molar-refractivity contribution in [1.29, 1.82) is 0 Å². The van der Waals surface area contributed by atoms with E-state index >= 15 is 0 Å². The Morgan fingerprint density at radius 2 is 2.07 bits per heavy atom. The van der Waals surface area contributed by atoms with E-state index in [2.05, 4.69) is 9.55 Å². The summed E-state index contributed by atoms with van der Waals surface area (Å²) in [5.41, 5.74) is 2.70. The molecule has 146 valence electrons. The van der Waals surface area contributed by atoms with Gasteiger partial charge in [0, 0.05) is 31.5 Å². The number of carbonyl (C=O) groups is 1. The zero-order valence-corrected chi connectivity index (χ0v) is 16.2. The molecule has 1 amide bonds. The molecule has 1 aromatic carbocycles. The minimum absolute atomic E-state index is 0.0349. The molecule has 1 unspecified atom stereocenters. The quantitative estimate of drug-likeness (QED) is 0.658. The first kappa shape index (κ1) is 18.4. The number of hydrogen-bond acceptors (Lipinski definition) is 5. The molecule has 1 aliphatic heterocycles. The van der Waals surface area contributed by atoms with E-state index in [-0.39, 0.29) is 18.6 Å². The predicted octanol–water partition coefficient (Wildman–Crippen LogP) is 2.92. The van der Waals surface area contributed by atoms with Crippen molar-refractivity contribution in [3.05, 3.63) is 42.6 Å². The van der Waals surface area contributed by atoms with Crippen LogP contribution < -0.4 is 4.74 Å². The topological polar surface area (TPSA) is 69.5 Å². The van der Waals surface area contributed by atoms with Gasteiger partial charge in [0.25, 0.3) is 0 Å². The molecule has 7 heteroatoms. The van der Waals surface area contributed by atoms with Crippen molar-refractivity contribution in [2.75, 3.05) is 33.4 Å². The van der Waals surface area contributed by atoms with Gasteiger partial charge in [-0.25, -0.2) is 9.97 Å². The van der Waals surface area contributed by atoms with Crippen molar-refractivity contribution in [2.45, 2.75) is 19.4 Å². The Morgan fingerprint density at radius 3 is 2.82 bits per heavy atom. The lowest BCUT2D eigenvalue weighted by Crippen LogP contribution is -2.32. The van der Waals surface area contributed by atoms with E-state index in [0.29, 0.717) is 19.7 Å². The maximum atomic E-state index is 12.4. The number of methoxy groups -OCH3 is 1. The largest absolute Gasteiger partial charge is 0.497 e. The molecule has 3 aromatic rings. The lowest BCUT2D eigenvalue weighted by Gasteiger charge is -2.19. The molecule has 28 heavy (non-hydrogen) atoms. The molecule has 0 saturated carbocycles. The average molecular weight is 380 g/mol. The van der Waals surface area contributed by atoms with Gasteiger partial charge < -0.3 is 18.9 Å². The van der Waals surface area contributed by atoms with E-state index in [4.69, 9.17) is 14.5 Å². The third kappa shape index (κ3) is 3.45. The Bertz CT molecular complexity index is 967. The Hall–Kier alpha value is -2.93. The number of imidazole rings is 1. The summed E-state index contributed by atoms with van der Waals surface area (Å²) in [4.78, 5) is 23.6. The van der Waals surface area contributed by atoms with Crippen LogP contribution >= 0.6 is 0 Å². The maximum Gasteiger partial charge on any atom is 0.248 e. The minimum Gasteiger partial charge on any atom is -0.497 e. The summed E-state index contributed by atoms with van der Waals surface area (Å²) in [5.74, 6) is 1.70. The number of carbonyl (C=O) groups excluding carboxylic acids is 1. The molecule has 3 heterocycles. The maximum absolute atomic E-state index is 12.4. The van der Waals surface area contributed by atoms with Crippen molar-refractivity contribution < 1.29 is 14.3 Å². The minimum atomic E-state index is 0.0349. The SMILES string of the molecule is CCOCC(=O)N1CCC(n2c(-c3ccc(OC)cc3)nc3cccnc32)C1. The third-order valence-corrected chi connectivity index (χ3v) is 5.11. The fraction of sp³-hybridized carbons (Fsp3) is 0.381. The number of fused-ring (bicyclic) bond motifs is 1. The van der Waals surface area contributed by atoms with E-state index < -0.39 is 0 Å². The van der Waals surface area contributed by atoms with Gasteiger partial charge in [-0.05, 0) is 49.7 Å². The van der Waals surface area contributed by atoms with Crippen LogP contribution in [-0.4, -0.2) is 58.8 Å². The fourth-order valence-corrected chi connectivity index (χ4v) is 3.68. The van der Waals surface area contributed by atoms with E-state index in [0.717, 1.165) is 34.7 Å². The number of pyridine rings is 1. The van der Waals surface area contributed by atoms with Crippen LogP contribution in [0.25, 0.3) is 22.6 Å². The van der Waals surface area contributed by atoms with Gasteiger partial charge in [-0.15, -0.1) is 0 Å². The van der Waals surface area contributed by atoms with Gasteiger partial charge in [0.05, 0.1) is 13.2 Å². The molecule has 4 rings (SSSR count). The number of nitrogens with zero attached hydrogens (tertiary/aromatic N) is 4. The van der Waals surface area contributed by atoms with Crippen LogP contribution in [0.3, 0.4) is 0 Å². The highest BCUT2D eigenvalue weighted by atomic mass is 16.5. The van der Waals surface area contributed by atoms with E-state index in [1.807, 2.05) is 48.2 Å². The summed E-state index contributed by atoms with van der Waals surface area (Å²) in [6, 6.07) is 11.9. The summed E-state index contributed by atoms with van der Waals surface area (Å²) in [7, 11) is 1.65. The Balaban J connectivity index is 1.69. The zero-order chi connectivity index (χ0) is 19.5. The van der Waals surface area contributed by atoms with E-state index in [1.54, 1.807) is 13.3 Å². The Labute approximate surface area is 163 Å². The van der Waals surface area contributed by atoms with Crippen molar-refractivity contribution in [3.63, 3.8) is 0 Å². The fourth-order valence-electron chi connectivity index (χ4n) is 3.68. The summed E-state index contributed by atoms with van der Waals surface area (Å²) in [5, 5.41) is 0. The van der Waals surface area contributed by atoms with E-state index in [9.17, 15) is 4.79 Å². The molecule has 0 aliphatic carbocycles. The molecule has 1 atom stereocenters. The molecule has 0 bridgehead atoms. The molecule has 1 saturated heterocycles. The monoisotopic (exact) mass is 380 g/mol. The van der Waals surface area contributed by atoms with Crippen molar-refractivity contribution in [1.82, 2.24) is 19.4 Å². The third-order valence-electron chi connectivity index (χ3n) is 5.11. The van der Waals surface area contributed by atoms with Gasteiger partial charge in [0.2, 0.25) is 5.91 Å². The van der Waals surface area contributed by atoms with Crippen LogP contribution in [-0.2, 0) is 9.53 Å². The number of rotatable bonds is 6. The highest BCUT2D eigenvalue weighted by Crippen LogP contribution is 2.32. The van der Waals surface area contributed by atoms with Gasteiger partial charge in [-0.1, -0.05) is 0 Å². The average Bonchev–Trinajstić information content (AvgIpc) is 3.36. The molecule has 2 aromatic heterocycles. The van der Waals surface area contributed by atoms with Crippen LogP contribution in [0.4, 0.5) is 0 Å². The first-order chi connectivity index (χ1) is 13.7. The first-order valence-electron chi connectivity index (χ1n) is 9.54. The van der Waals surface area contributed by atoms with Crippen molar-refractivity contribution in [3.8, 4) is 17.1 Å². The number of likely N-dealkylation sites (tertiary alicyclic amines) is 1. The number of hydrogen-bond donors (Lipinski definition) is 0. The lowest BCUT2D eigenvalue weighted by atomic mass is 10.2. The van der Waals surface area contributed by atoms with Crippen molar-refractivity contribution in [2.24, 2.45) is 0 Å². The van der Waals surface area contributed by atoms with Crippen LogP contribution in [0.15, 0.2) is 42.6 Å². The second kappa shape index (κ2) is 7.98. The second-order valence-electron chi connectivity index (χ2n) is 6.80. The molecule has 0 radical (unpaired) electrons. The molecular formula is C21H24N4O3. The van der Waals surface area contributed by atoms with Crippen molar-refractivity contribution >= 4 is 17.1 Å².